The average Bonchev–Trinajstić information content (AvgIpc) is 2.57. The van der Waals surface area contributed by atoms with E-state index < -0.39 is 5.63 Å². The highest BCUT2D eigenvalue weighted by Crippen LogP contribution is 2.15. The number of aromatic nitrogens is 2. The lowest BCUT2D eigenvalue weighted by atomic mass is 10.2. The summed E-state index contributed by atoms with van der Waals surface area (Å²) in [6.45, 7) is 1.91. The van der Waals surface area contributed by atoms with E-state index in [0.717, 1.165) is 11.3 Å². The molecule has 0 saturated carbocycles. The molecule has 1 aromatic heterocycles. The molecule has 1 N–H and O–H groups in total. The Labute approximate surface area is 84.7 Å². The van der Waals surface area contributed by atoms with Crippen LogP contribution in [0.15, 0.2) is 33.7 Å². The van der Waals surface area contributed by atoms with Crippen LogP contribution < -0.4 is 10.3 Å². The van der Waals surface area contributed by atoms with Gasteiger partial charge in [-0.3, -0.25) is 4.52 Å². The van der Waals surface area contributed by atoms with Crippen molar-refractivity contribution < 1.29 is 9.20 Å². The number of rotatable bonds is 1. The lowest BCUT2D eigenvalue weighted by molar-refractivity contribution is -0.670. The second-order valence-electron chi connectivity index (χ2n) is 2.94. The molecule has 72 valence electrons. The molecule has 0 saturated heterocycles. The van der Waals surface area contributed by atoms with Gasteiger partial charge in [-0.25, -0.2) is 4.79 Å². The zero-order valence-electron chi connectivity index (χ0n) is 7.45. The summed E-state index contributed by atoms with van der Waals surface area (Å²) in [6, 6.07) is 5.46. The van der Waals surface area contributed by atoms with Crippen molar-refractivity contribution in [2.24, 2.45) is 0 Å². The first-order valence-electron chi connectivity index (χ1n) is 4.03. The van der Waals surface area contributed by atoms with Crippen molar-refractivity contribution in [3.05, 3.63) is 45.4 Å². The molecule has 0 bridgehead atoms. The second kappa shape index (κ2) is 3.31. The summed E-state index contributed by atoms with van der Waals surface area (Å²) in [7, 11) is 0. The number of benzene rings is 1. The molecule has 1 aromatic carbocycles. The Morgan fingerprint density at radius 3 is 2.86 bits per heavy atom. The normalized spacial score (nSPS) is 10.4. The topological polar surface area (TPSA) is 49.9 Å². The van der Waals surface area contributed by atoms with E-state index >= 15 is 0 Å². The second-order valence-corrected chi connectivity index (χ2v) is 3.35. The maximum Gasteiger partial charge on any atom is 0.427 e. The molecule has 0 aliphatic carbocycles. The van der Waals surface area contributed by atoms with E-state index in [1.165, 1.54) is 10.9 Å². The van der Waals surface area contributed by atoms with Gasteiger partial charge in [0.1, 0.15) is 0 Å². The Kier molecular flexibility index (Phi) is 2.13. The van der Waals surface area contributed by atoms with E-state index in [4.69, 9.17) is 11.6 Å². The molecular formula is C9H8ClN2O2+. The van der Waals surface area contributed by atoms with Crippen LogP contribution in [0.1, 0.15) is 5.56 Å². The van der Waals surface area contributed by atoms with Gasteiger partial charge in [0, 0.05) is 12.1 Å². The van der Waals surface area contributed by atoms with Gasteiger partial charge in [-0.15, -0.1) is 0 Å². The van der Waals surface area contributed by atoms with Gasteiger partial charge in [0.05, 0.1) is 5.02 Å². The summed E-state index contributed by atoms with van der Waals surface area (Å²) < 4.78 is 5.99. The molecule has 5 heteroatoms. The molecule has 0 amide bonds. The first kappa shape index (κ1) is 9.02. The summed E-state index contributed by atoms with van der Waals surface area (Å²) in [5, 5.41) is 3.09. The number of halogens is 1. The SMILES string of the molecule is Cc1ccc(-[n+]2cc(=O)o[nH]2)cc1Cl. The van der Waals surface area contributed by atoms with Crippen LogP contribution in [0.4, 0.5) is 0 Å². The molecule has 0 spiro atoms. The number of nitrogens with one attached hydrogen (secondary N) is 1. The van der Waals surface area contributed by atoms with E-state index in [1.807, 2.05) is 19.1 Å². The fraction of sp³-hybridized carbons (Fsp3) is 0.111. The predicted octanol–water partition coefficient (Wildman–Crippen LogP) is 1.21. The maximum absolute atomic E-state index is 10.8. The number of H-pyrrole nitrogens is 1. The van der Waals surface area contributed by atoms with Crippen molar-refractivity contribution in [1.29, 1.82) is 0 Å². The summed E-state index contributed by atoms with van der Waals surface area (Å²) in [6.07, 6.45) is 1.31. The molecule has 0 fully saturated rings. The number of hydrogen-bond acceptors (Lipinski definition) is 2. The molecule has 14 heavy (non-hydrogen) atoms. The Morgan fingerprint density at radius 2 is 2.29 bits per heavy atom. The van der Waals surface area contributed by atoms with Gasteiger partial charge in [0.15, 0.2) is 0 Å². The van der Waals surface area contributed by atoms with Gasteiger partial charge in [-0.05, 0) is 22.4 Å². The summed E-state index contributed by atoms with van der Waals surface area (Å²) in [4.78, 5) is 10.8. The van der Waals surface area contributed by atoms with Crippen LogP contribution in [0.25, 0.3) is 5.69 Å². The van der Waals surface area contributed by atoms with Gasteiger partial charge >= 0.3 is 5.63 Å². The quantitative estimate of drug-likeness (QED) is 0.721. The van der Waals surface area contributed by atoms with E-state index in [1.54, 1.807) is 6.07 Å². The van der Waals surface area contributed by atoms with Crippen molar-refractivity contribution in [2.75, 3.05) is 0 Å². The maximum atomic E-state index is 10.8. The van der Waals surface area contributed by atoms with Gasteiger partial charge < -0.3 is 0 Å². The highest BCUT2D eigenvalue weighted by molar-refractivity contribution is 6.31. The minimum atomic E-state index is -0.429. The highest BCUT2D eigenvalue weighted by Gasteiger charge is 2.11. The van der Waals surface area contributed by atoms with E-state index in [9.17, 15) is 4.79 Å². The molecule has 1 heterocycles. The molecule has 0 aliphatic heterocycles. The Hall–Kier alpha value is -1.55. The Balaban J connectivity index is 2.52. The minimum absolute atomic E-state index is 0.429. The monoisotopic (exact) mass is 211 g/mol. The molecule has 2 rings (SSSR count). The third-order valence-corrected chi connectivity index (χ3v) is 2.32. The molecule has 0 unspecified atom stereocenters. The molecular weight excluding hydrogens is 204 g/mol. The third kappa shape index (κ3) is 1.56. The van der Waals surface area contributed by atoms with Gasteiger partial charge in [0.2, 0.25) is 5.69 Å². The van der Waals surface area contributed by atoms with Crippen molar-refractivity contribution in [3.8, 4) is 5.69 Å². The van der Waals surface area contributed by atoms with Crippen LogP contribution in [0.5, 0.6) is 0 Å². The standard InChI is InChI=1S/C9H7ClN2O2/c1-6-2-3-7(4-8(6)10)12-5-9(13)14-11-12/h2-5H,1H3/p+1. The first-order valence-corrected chi connectivity index (χ1v) is 4.41. The van der Waals surface area contributed by atoms with Gasteiger partial charge in [0.25, 0.3) is 6.20 Å². The van der Waals surface area contributed by atoms with Crippen LogP contribution in [0.2, 0.25) is 5.02 Å². The first-order chi connectivity index (χ1) is 6.66. The van der Waals surface area contributed by atoms with Crippen LogP contribution >= 0.6 is 11.6 Å². The summed E-state index contributed by atoms with van der Waals surface area (Å²) in [5.41, 5.74) is 1.31. The summed E-state index contributed by atoms with van der Waals surface area (Å²) in [5.74, 6) is 0. The fourth-order valence-corrected chi connectivity index (χ4v) is 1.29. The zero-order chi connectivity index (χ0) is 10.1. The lowest BCUT2D eigenvalue weighted by Crippen LogP contribution is -2.32. The van der Waals surface area contributed by atoms with Gasteiger partial charge in [-0.1, -0.05) is 17.7 Å². The van der Waals surface area contributed by atoms with Crippen LogP contribution in [0, 0.1) is 6.92 Å². The van der Waals surface area contributed by atoms with E-state index in [-0.39, 0.29) is 0 Å². The number of nitrogens with zero attached hydrogens (tertiary/aromatic N) is 1. The molecule has 4 nitrogen and oxygen atoms in total. The van der Waals surface area contributed by atoms with E-state index in [0.29, 0.717) is 5.02 Å². The smallest absolute Gasteiger partial charge is 0.283 e. The third-order valence-electron chi connectivity index (χ3n) is 1.91. The largest absolute Gasteiger partial charge is 0.427 e. The molecule has 0 radical (unpaired) electrons. The number of aromatic amines is 1. The minimum Gasteiger partial charge on any atom is -0.283 e. The van der Waals surface area contributed by atoms with Crippen LogP contribution in [-0.2, 0) is 0 Å². The number of hydrogen-bond donors (Lipinski definition) is 1. The Morgan fingerprint density at radius 1 is 1.50 bits per heavy atom. The molecule has 0 atom stereocenters. The van der Waals surface area contributed by atoms with Crippen molar-refractivity contribution >= 4 is 11.6 Å². The fourth-order valence-electron chi connectivity index (χ4n) is 1.11. The van der Waals surface area contributed by atoms with Gasteiger partial charge in [-0.2, -0.15) is 0 Å². The van der Waals surface area contributed by atoms with Crippen molar-refractivity contribution in [1.82, 2.24) is 5.27 Å². The molecule has 0 aliphatic rings. The number of aryl methyl sites for hydroxylation is 1. The zero-order valence-corrected chi connectivity index (χ0v) is 8.21. The average molecular weight is 212 g/mol. The molecule has 2 aromatic rings. The summed E-state index contributed by atoms with van der Waals surface area (Å²) >= 11 is 5.93. The van der Waals surface area contributed by atoms with Crippen molar-refractivity contribution in [3.63, 3.8) is 0 Å². The van der Waals surface area contributed by atoms with E-state index in [2.05, 4.69) is 9.79 Å². The highest BCUT2D eigenvalue weighted by atomic mass is 35.5. The van der Waals surface area contributed by atoms with Crippen LogP contribution in [0.3, 0.4) is 0 Å². The van der Waals surface area contributed by atoms with Crippen LogP contribution in [-0.4, -0.2) is 5.27 Å². The Bertz CT molecular complexity index is 516. The van der Waals surface area contributed by atoms with Crippen molar-refractivity contribution in [2.45, 2.75) is 6.92 Å². The lowest BCUT2D eigenvalue weighted by Gasteiger charge is -1.95. The predicted molar refractivity (Wildman–Crippen MR) is 50.6 cm³/mol.